The monoisotopic (exact) mass is 487 g/mol. The number of hydrogen-bond acceptors (Lipinski definition) is 5. The summed E-state index contributed by atoms with van der Waals surface area (Å²) in [6.07, 6.45) is 2.55. The number of aromatic nitrogens is 3. The van der Waals surface area contributed by atoms with E-state index >= 15 is 0 Å². The van der Waals surface area contributed by atoms with Crippen LogP contribution in [-0.4, -0.2) is 45.0 Å². The van der Waals surface area contributed by atoms with Crippen molar-refractivity contribution in [1.82, 2.24) is 19.4 Å². The summed E-state index contributed by atoms with van der Waals surface area (Å²) in [5, 5.41) is 3.94. The van der Waals surface area contributed by atoms with Gasteiger partial charge in [0.05, 0.1) is 27.5 Å². The molecule has 2 aromatic heterocycles. The van der Waals surface area contributed by atoms with Crippen molar-refractivity contribution in [2.75, 3.05) is 25.0 Å². The molecule has 1 N–H and O–H groups in total. The average molecular weight is 488 g/mol. The highest BCUT2D eigenvalue weighted by Crippen LogP contribution is 2.52. The number of fused-ring (bicyclic) bond motifs is 1. The molecule has 2 aliphatic rings. The third-order valence-electron chi connectivity index (χ3n) is 6.51. The molecule has 0 bridgehead atoms. The summed E-state index contributed by atoms with van der Waals surface area (Å²) in [7, 11) is 1.62. The van der Waals surface area contributed by atoms with E-state index in [-0.39, 0.29) is 22.7 Å². The number of nitrogens with zero attached hydrogens (tertiary/aromatic N) is 4. The number of hydrogen-bond donors (Lipinski definition) is 1. The number of carbonyl (C=O) groups is 1. The molecule has 0 radical (unpaired) electrons. The Hall–Kier alpha value is -2.97. The topological polar surface area (TPSA) is 80.1 Å². The molecule has 1 saturated heterocycles. The Kier molecular flexibility index (Phi) is 5.58. The molecular formula is C23H20Cl2FN5O2. The molecule has 2 fully saturated rings. The van der Waals surface area contributed by atoms with Crippen LogP contribution in [0.25, 0.3) is 11.3 Å². The first-order valence-electron chi connectivity index (χ1n) is 10.5. The fourth-order valence-electron chi connectivity index (χ4n) is 4.61. The lowest BCUT2D eigenvalue weighted by Gasteiger charge is -2.21. The number of anilines is 1. The van der Waals surface area contributed by atoms with Crippen LogP contribution in [0.4, 0.5) is 10.3 Å². The highest BCUT2D eigenvalue weighted by Gasteiger charge is 2.56. The van der Waals surface area contributed by atoms with Gasteiger partial charge in [-0.15, -0.1) is 0 Å². The minimum atomic E-state index is -0.538. The van der Waals surface area contributed by atoms with E-state index in [9.17, 15) is 14.0 Å². The summed E-state index contributed by atoms with van der Waals surface area (Å²) in [6.45, 7) is 1.87. The third-order valence-corrected chi connectivity index (χ3v) is 7.14. The van der Waals surface area contributed by atoms with Gasteiger partial charge in [0.15, 0.2) is 5.82 Å². The second kappa shape index (κ2) is 8.43. The van der Waals surface area contributed by atoms with Crippen LogP contribution in [0.5, 0.6) is 0 Å². The Balaban J connectivity index is 1.25. The van der Waals surface area contributed by atoms with Gasteiger partial charge in [-0.2, -0.15) is 0 Å². The molecule has 1 amide bonds. The van der Waals surface area contributed by atoms with E-state index in [0.717, 1.165) is 6.20 Å². The molecule has 1 aromatic carbocycles. The van der Waals surface area contributed by atoms with E-state index in [4.69, 9.17) is 23.2 Å². The summed E-state index contributed by atoms with van der Waals surface area (Å²) >= 11 is 12.4. The van der Waals surface area contributed by atoms with Crippen molar-refractivity contribution in [2.24, 2.45) is 24.8 Å². The number of piperidine rings is 1. The number of benzene rings is 1. The maximum absolute atomic E-state index is 14.1. The van der Waals surface area contributed by atoms with Crippen LogP contribution in [0.15, 0.2) is 47.5 Å². The van der Waals surface area contributed by atoms with Crippen molar-refractivity contribution in [1.29, 1.82) is 0 Å². The Morgan fingerprint density at radius 2 is 1.91 bits per heavy atom. The predicted molar refractivity (Wildman–Crippen MR) is 124 cm³/mol. The van der Waals surface area contributed by atoms with Crippen molar-refractivity contribution < 1.29 is 9.18 Å². The van der Waals surface area contributed by atoms with Gasteiger partial charge in [-0.25, -0.2) is 9.37 Å². The zero-order valence-corrected chi connectivity index (χ0v) is 19.1. The molecule has 1 saturated carbocycles. The maximum Gasteiger partial charge on any atom is 0.256 e. The van der Waals surface area contributed by atoms with Gasteiger partial charge in [-0.05, 0) is 36.0 Å². The third kappa shape index (κ3) is 3.98. The molecular weight excluding hydrogens is 468 g/mol. The molecule has 0 spiro atoms. The first-order valence-corrected chi connectivity index (χ1v) is 11.3. The average Bonchev–Trinajstić information content (AvgIpc) is 3.23. The number of likely N-dealkylation sites (tertiary alicyclic amines) is 1. The predicted octanol–water partition coefficient (Wildman–Crippen LogP) is 3.72. The van der Waals surface area contributed by atoms with Gasteiger partial charge < -0.3 is 10.2 Å². The van der Waals surface area contributed by atoms with Crippen molar-refractivity contribution in [3.05, 3.63) is 74.5 Å². The molecule has 7 nitrogen and oxygen atoms in total. The minimum absolute atomic E-state index is 0.152. The van der Waals surface area contributed by atoms with E-state index in [1.165, 1.54) is 22.9 Å². The van der Waals surface area contributed by atoms with Gasteiger partial charge in [0, 0.05) is 44.5 Å². The normalized spacial score (nSPS) is 21.1. The van der Waals surface area contributed by atoms with Crippen molar-refractivity contribution in [3.63, 3.8) is 0 Å². The smallest absolute Gasteiger partial charge is 0.256 e. The lowest BCUT2D eigenvalue weighted by atomic mass is 10.1. The van der Waals surface area contributed by atoms with Gasteiger partial charge in [0.2, 0.25) is 5.95 Å². The van der Waals surface area contributed by atoms with E-state index < -0.39 is 5.82 Å². The quantitative estimate of drug-likeness (QED) is 0.593. The summed E-state index contributed by atoms with van der Waals surface area (Å²) in [5.41, 5.74) is 0.533. The van der Waals surface area contributed by atoms with Crippen molar-refractivity contribution in [2.45, 2.75) is 0 Å². The molecule has 2 unspecified atom stereocenters. The summed E-state index contributed by atoms with van der Waals surface area (Å²) < 4.78 is 15.5. The maximum atomic E-state index is 14.1. The lowest BCUT2D eigenvalue weighted by Crippen LogP contribution is -2.33. The first-order chi connectivity index (χ1) is 15.8. The van der Waals surface area contributed by atoms with Gasteiger partial charge >= 0.3 is 0 Å². The molecule has 170 valence electrons. The van der Waals surface area contributed by atoms with Crippen LogP contribution in [0.2, 0.25) is 10.0 Å². The minimum Gasteiger partial charge on any atom is -0.355 e. The van der Waals surface area contributed by atoms with E-state index in [2.05, 4.69) is 15.3 Å². The zero-order valence-electron chi connectivity index (χ0n) is 17.6. The number of amides is 1. The number of nitrogens with one attached hydrogen (secondary N) is 1. The fraction of sp³-hybridized carbons (Fsp3) is 0.304. The molecule has 33 heavy (non-hydrogen) atoms. The molecule has 5 rings (SSSR count). The molecule has 1 aliphatic heterocycles. The molecule has 10 heteroatoms. The Morgan fingerprint density at radius 3 is 2.58 bits per heavy atom. The number of halogens is 3. The standard InChI is InChI=1S/C23H20Cl2FN5O2/c1-30-20(32)7-19(12-5-6-27-9-18(12)26)29-23(30)28-8-13-14-10-31(11-15(13)14)22(33)21-16(24)3-2-4-17(21)25/h2-7,9,13-15H,8,10-11H2,1H3,(H,28,29). The summed E-state index contributed by atoms with van der Waals surface area (Å²) in [4.78, 5) is 35.2. The lowest BCUT2D eigenvalue weighted by molar-refractivity contribution is 0.0769. The molecule has 1 aliphatic carbocycles. The van der Waals surface area contributed by atoms with Crippen LogP contribution in [-0.2, 0) is 7.05 Å². The van der Waals surface area contributed by atoms with Gasteiger partial charge in [-0.1, -0.05) is 29.3 Å². The first kappa shape index (κ1) is 21.9. The Bertz CT molecular complexity index is 1280. The van der Waals surface area contributed by atoms with Crippen molar-refractivity contribution in [3.8, 4) is 11.3 Å². The largest absolute Gasteiger partial charge is 0.355 e. The highest BCUT2D eigenvalue weighted by atomic mass is 35.5. The molecule has 3 heterocycles. The van der Waals surface area contributed by atoms with Crippen LogP contribution in [0, 0.1) is 23.6 Å². The van der Waals surface area contributed by atoms with E-state index in [1.54, 1.807) is 30.1 Å². The van der Waals surface area contributed by atoms with Gasteiger partial charge in [-0.3, -0.25) is 19.1 Å². The van der Waals surface area contributed by atoms with Crippen LogP contribution in [0.1, 0.15) is 10.4 Å². The summed E-state index contributed by atoms with van der Waals surface area (Å²) in [6, 6.07) is 7.83. The molecule has 2 atom stereocenters. The Morgan fingerprint density at radius 1 is 1.21 bits per heavy atom. The number of rotatable bonds is 5. The second-order valence-electron chi connectivity index (χ2n) is 8.40. The second-order valence-corrected chi connectivity index (χ2v) is 9.21. The van der Waals surface area contributed by atoms with E-state index in [1.807, 2.05) is 0 Å². The highest BCUT2D eigenvalue weighted by molar-refractivity contribution is 6.39. The van der Waals surface area contributed by atoms with Gasteiger partial charge in [0.25, 0.3) is 11.5 Å². The number of carbonyl (C=O) groups excluding carboxylic acids is 1. The SMILES string of the molecule is Cn1c(NCC2C3CN(C(=O)c4c(Cl)cccc4Cl)CC23)nc(-c2ccncc2F)cc1=O. The van der Waals surface area contributed by atoms with Crippen LogP contribution in [0.3, 0.4) is 0 Å². The molecule has 3 aromatic rings. The van der Waals surface area contributed by atoms with Crippen LogP contribution < -0.4 is 10.9 Å². The Labute approximate surface area is 199 Å². The van der Waals surface area contributed by atoms with Gasteiger partial charge in [0.1, 0.15) is 0 Å². The van der Waals surface area contributed by atoms with Crippen LogP contribution >= 0.6 is 23.2 Å². The fourth-order valence-corrected chi connectivity index (χ4v) is 5.17. The van der Waals surface area contributed by atoms with E-state index in [0.29, 0.717) is 58.9 Å². The number of pyridine rings is 1. The summed E-state index contributed by atoms with van der Waals surface area (Å²) in [5.74, 6) is 0.759. The van der Waals surface area contributed by atoms with Crippen molar-refractivity contribution >= 4 is 35.1 Å². The zero-order chi connectivity index (χ0) is 23.3.